The van der Waals surface area contributed by atoms with E-state index in [9.17, 15) is 19.2 Å². The number of hydrogen-bond acceptors (Lipinski definition) is 7. The fourth-order valence-corrected chi connectivity index (χ4v) is 4.06. The molecule has 4 rings (SSSR count). The molecule has 2 aliphatic rings. The maximum absolute atomic E-state index is 12.9. The van der Waals surface area contributed by atoms with Crippen LogP contribution in [0.5, 0.6) is 0 Å². The van der Waals surface area contributed by atoms with Crippen LogP contribution >= 0.6 is 0 Å². The van der Waals surface area contributed by atoms with Gasteiger partial charge in [-0.1, -0.05) is 6.07 Å². The number of anilines is 1. The van der Waals surface area contributed by atoms with Crippen LogP contribution in [0.15, 0.2) is 30.3 Å². The van der Waals surface area contributed by atoms with E-state index in [1.165, 1.54) is 9.80 Å². The molecule has 1 N–H and O–H groups in total. The van der Waals surface area contributed by atoms with Gasteiger partial charge in [0.05, 0.1) is 5.69 Å². The van der Waals surface area contributed by atoms with Gasteiger partial charge in [-0.3, -0.25) is 24.6 Å². The van der Waals surface area contributed by atoms with Crippen LogP contribution in [0.2, 0.25) is 0 Å². The summed E-state index contributed by atoms with van der Waals surface area (Å²) in [5.74, 6) is -0.609. The monoisotopic (exact) mass is 465 g/mol. The van der Waals surface area contributed by atoms with Crippen molar-refractivity contribution >= 4 is 29.6 Å². The molecule has 1 saturated heterocycles. The zero-order valence-electron chi connectivity index (χ0n) is 19.6. The van der Waals surface area contributed by atoms with E-state index in [1.54, 1.807) is 45.0 Å². The highest BCUT2D eigenvalue weighted by atomic mass is 16.6. The van der Waals surface area contributed by atoms with Gasteiger partial charge in [-0.05, 0) is 63.9 Å². The van der Waals surface area contributed by atoms with Gasteiger partial charge >= 0.3 is 6.09 Å². The number of imide groups is 1. The Hall–Kier alpha value is -3.82. The highest BCUT2D eigenvalue weighted by Gasteiger charge is 2.39. The first-order valence-corrected chi connectivity index (χ1v) is 11.2. The van der Waals surface area contributed by atoms with Crippen LogP contribution in [0, 0.1) is 0 Å². The minimum atomic E-state index is -0.659. The summed E-state index contributed by atoms with van der Waals surface area (Å²) in [6.07, 6.45) is 0.0269. The van der Waals surface area contributed by atoms with Gasteiger partial charge in [0.25, 0.3) is 5.91 Å². The predicted octanol–water partition coefficient (Wildman–Crippen LogP) is 2.67. The largest absolute Gasteiger partial charge is 0.443 e. The summed E-state index contributed by atoms with van der Waals surface area (Å²) < 4.78 is 5.43. The number of benzene rings is 1. The molecule has 10 nitrogen and oxygen atoms in total. The zero-order valence-corrected chi connectivity index (χ0v) is 19.6. The Morgan fingerprint density at radius 2 is 1.94 bits per heavy atom. The average molecular weight is 466 g/mol. The molecule has 1 fully saturated rings. The van der Waals surface area contributed by atoms with Crippen LogP contribution in [0.4, 0.5) is 10.6 Å². The summed E-state index contributed by atoms with van der Waals surface area (Å²) >= 11 is 0. The van der Waals surface area contributed by atoms with Gasteiger partial charge < -0.3 is 9.64 Å². The average Bonchev–Trinajstić information content (AvgIpc) is 3.09. The molecular weight excluding hydrogens is 438 g/mol. The second-order valence-corrected chi connectivity index (χ2v) is 9.27. The molecule has 0 bridgehead atoms. The molecule has 2 aliphatic heterocycles. The second kappa shape index (κ2) is 8.85. The molecular formula is C24H27N5O5. The maximum Gasteiger partial charge on any atom is 0.416 e. The zero-order chi connectivity index (χ0) is 24.6. The molecule has 1 aromatic carbocycles. The van der Waals surface area contributed by atoms with E-state index in [0.717, 1.165) is 11.1 Å². The number of hydrogen-bond donors (Lipinski definition) is 1. The third-order valence-corrected chi connectivity index (χ3v) is 5.68. The van der Waals surface area contributed by atoms with Gasteiger partial charge in [0.15, 0.2) is 5.82 Å². The lowest BCUT2D eigenvalue weighted by molar-refractivity contribution is -0.136. The topological polar surface area (TPSA) is 122 Å². The number of amides is 4. The Bertz CT molecular complexity index is 1160. The lowest BCUT2D eigenvalue weighted by Crippen LogP contribution is -2.52. The van der Waals surface area contributed by atoms with Crippen LogP contribution in [0.3, 0.4) is 0 Å². The first-order valence-electron chi connectivity index (χ1n) is 11.2. The summed E-state index contributed by atoms with van der Waals surface area (Å²) in [4.78, 5) is 51.9. The first kappa shape index (κ1) is 23.3. The molecule has 1 aromatic heterocycles. The van der Waals surface area contributed by atoms with Gasteiger partial charge in [-0.25, -0.2) is 4.79 Å². The molecule has 34 heavy (non-hydrogen) atoms. The molecule has 0 aliphatic carbocycles. The number of fused-ring (bicyclic) bond motifs is 1. The summed E-state index contributed by atoms with van der Waals surface area (Å²) in [5, 5.41) is 10.8. The van der Waals surface area contributed by atoms with Crippen molar-refractivity contribution in [2.45, 2.75) is 58.7 Å². The van der Waals surface area contributed by atoms with Gasteiger partial charge in [0, 0.05) is 30.6 Å². The normalized spacial score (nSPS) is 17.9. The molecule has 4 amide bonds. The van der Waals surface area contributed by atoms with Gasteiger partial charge in [0.1, 0.15) is 11.6 Å². The van der Waals surface area contributed by atoms with Crippen LogP contribution in [0.1, 0.15) is 56.5 Å². The fraction of sp³-hybridized carbons (Fsp3) is 0.417. The first-order chi connectivity index (χ1) is 16.1. The quantitative estimate of drug-likeness (QED) is 0.689. The van der Waals surface area contributed by atoms with Crippen LogP contribution in [0.25, 0.3) is 11.3 Å². The van der Waals surface area contributed by atoms with Crippen molar-refractivity contribution in [2.75, 3.05) is 11.4 Å². The number of piperidine rings is 1. The van der Waals surface area contributed by atoms with Crippen molar-refractivity contribution in [3.05, 3.63) is 41.5 Å². The smallest absolute Gasteiger partial charge is 0.416 e. The molecule has 178 valence electrons. The molecule has 0 saturated carbocycles. The lowest BCUT2D eigenvalue weighted by atomic mass is 10.0. The van der Waals surface area contributed by atoms with Crippen molar-refractivity contribution in [1.29, 1.82) is 0 Å². The highest BCUT2D eigenvalue weighted by molar-refractivity contribution is 6.05. The molecule has 1 atom stereocenters. The third kappa shape index (κ3) is 4.61. The van der Waals surface area contributed by atoms with E-state index in [0.29, 0.717) is 30.0 Å². The number of aromatic nitrogens is 2. The van der Waals surface area contributed by atoms with E-state index in [2.05, 4.69) is 15.5 Å². The van der Waals surface area contributed by atoms with Gasteiger partial charge in [0.2, 0.25) is 11.8 Å². The van der Waals surface area contributed by atoms with Crippen LogP contribution < -0.4 is 10.2 Å². The summed E-state index contributed by atoms with van der Waals surface area (Å²) in [5.41, 5.74) is 2.03. The number of nitrogens with one attached hydrogen (secondary N) is 1. The second-order valence-electron chi connectivity index (χ2n) is 9.27. The third-order valence-electron chi connectivity index (χ3n) is 5.68. The molecule has 0 spiro atoms. The summed E-state index contributed by atoms with van der Waals surface area (Å²) in [6.45, 7) is 7.88. The number of nitrogens with zero attached hydrogens (tertiary/aromatic N) is 4. The van der Waals surface area contributed by atoms with Crippen molar-refractivity contribution in [2.24, 2.45) is 0 Å². The standard InChI is InChI=1S/C24H27N5O5/c1-5-28(23(33)34-24(2,3)4)19-10-8-17(26-27-19)14-6-7-16-15(12-14)13-29(22(16)32)18-9-11-20(30)25-21(18)31/h6-8,10,12,18H,5,9,11,13H2,1-4H3,(H,25,30,31). The maximum atomic E-state index is 12.9. The van der Waals surface area contributed by atoms with E-state index in [1.807, 2.05) is 13.0 Å². The van der Waals surface area contributed by atoms with E-state index in [4.69, 9.17) is 4.74 Å². The van der Waals surface area contributed by atoms with Crippen LogP contribution in [-0.4, -0.2) is 57.1 Å². The Kier molecular flexibility index (Phi) is 6.07. The molecule has 2 aromatic rings. The van der Waals surface area contributed by atoms with Crippen molar-refractivity contribution in [3.63, 3.8) is 0 Å². The lowest BCUT2D eigenvalue weighted by Gasteiger charge is -2.29. The SMILES string of the molecule is CCN(C(=O)OC(C)(C)C)c1ccc(-c2ccc3c(c2)CN(C2CCC(=O)NC2=O)C3=O)nn1. The highest BCUT2D eigenvalue weighted by Crippen LogP contribution is 2.31. The van der Waals surface area contributed by atoms with Gasteiger partial charge in [-0.2, -0.15) is 0 Å². The Morgan fingerprint density at radius 3 is 2.56 bits per heavy atom. The summed E-state index contributed by atoms with van der Waals surface area (Å²) in [6, 6.07) is 8.14. The molecule has 3 heterocycles. The van der Waals surface area contributed by atoms with Crippen LogP contribution in [-0.2, 0) is 20.9 Å². The summed E-state index contributed by atoms with van der Waals surface area (Å²) in [7, 11) is 0. The number of carbonyl (C=O) groups excluding carboxylic acids is 4. The predicted molar refractivity (Wildman–Crippen MR) is 123 cm³/mol. The molecule has 1 unspecified atom stereocenters. The Morgan fingerprint density at radius 1 is 1.18 bits per heavy atom. The Balaban J connectivity index is 1.52. The van der Waals surface area contributed by atoms with Gasteiger partial charge in [-0.15, -0.1) is 10.2 Å². The van der Waals surface area contributed by atoms with E-state index in [-0.39, 0.29) is 24.8 Å². The van der Waals surface area contributed by atoms with Crippen molar-refractivity contribution in [1.82, 2.24) is 20.4 Å². The Labute approximate surface area is 197 Å². The number of rotatable bonds is 4. The van der Waals surface area contributed by atoms with Crippen molar-refractivity contribution in [3.8, 4) is 11.3 Å². The fourth-order valence-electron chi connectivity index (χ4n) is 4.06. The molecule has 10 heteroatoms. The van der Waals surface area contributed by atoms with Crippen molar-refractivity contribution < 1.29 is 23.9 Å². The minimum absolute atomic E-state index is 0.210. The molecule has 0 radical (unpaired) electrons. The minimum Gasteiger partial charge on any atom is -0.443 e. The number of carbonyl (C=O) groups is 4. The van der Waals surface area contributed by atoms with E-state index >= 15 is 0 Å². The van der Waals surface area contributed by atoms with E-state index < -0.39 is 23.6 Å². The number of ether oxygens (including phenoxy) is 1.